The second-order valence-electron chi connectivity index (χ2n) is 2.81. The third kappa shape index (κ3) is 2.07. The van der Waals surface area contributed by atoms with Crippen LogP contribution < -0.4 is 5.32 Å². The highest BCUT2D eigenvalue weighted by atomic mass is 35.5. The van der Waals surface area contributed by atoms with E-state index in [0.717, 1.165) is 12.1 Å². The highest BCUT2D eigenvalue weighted by Crippen LogP contribution is 2.28. The number of hydrogen-bond donors (Lipinski definition) is 2. The standard InChI is InChI=1S/C9H6ClF2N3/c10-6-3-5(11)4-7(12)8(6)15-9-13-1-2-14-9/h1-4H,(H2,13,14,15). The summed E-state index contributed by atoms with van der Waals surface area (Å²) >= 11 is 5.67. The van der Waals surface area contributed by atoms with E-state index < -0.39 is 11.6 Å². The van der Waals surface area contributed by atoms with Gasteiger partial charge in [-0.15, -0.1) is 0 Å². The van der Waals surface area contributed by atoms with Gasteiger partial charge < -0.3 is 10.3 Å². The summed E-state index contributed by atoms with van der Waals surface area (Å²) in [6.07, 6.45) is 3.06. The number of nitrogens with one attached hydrogen (secondary N) is 2. The Hall–Kier alpha value is -1.62. The zero-order valence-corrected chi connectivity index (χ0v) is 8.15. The summed E-state index contributed by atoms with van der Waals surface area (Å²) in [5, 5.41) is 2.57. The Morgan fingerprint density at radius 2 is 2.13 bits per heavy atom. The lowest BCUT2D eigenvalue weighted by Gasteiger charge is -2.06. The van der Waals surface area contributed by atoms with Gasteiger partial charge in [-0.1, -0.05) is 11.6 Å². The summed E-state index contributed by atoms with van der Waals surface area (Å²) in [6.45, 7) is 0. The summed E-state index contributed by atoms with van der Waals surface area (Å²) in [7, 11) is 0. The van der Waals surface area contributed by atoms with Crippen molar-refractivity contribution in [3.8, 4) is 0 Å². The average Bonchev–Trinajstić information content (AvgIpc) is 2.63. The molecule has 78 valence electrons. The van der Waals surface area contributed by atoms with Gasteiger partial charge in [0.05, 0.1) is 10.7 Å². The van der Waals surface area contributed by atoms with E-state index in [9.17, 15) is 8.78 Å². The van der Waals surface area contributed by atoms with Crippen molar-refractivity contribution in [3.63, 3.8) is 0 Å². The van der Waals surface area contributed by atoms with E-state index >= 15 is 0 Å². The molecule has 0 amide bonds. The van der Waals surface area contributed by atoms with Crippen molar-refractivity contribution in [2.45, 2.75) is 0 Å². The van der Waals surface area contributed by atoms with Crippen molar-refractivity contribution in [3.05, 3.63) is 41.2 Å². The molecule has 0 saturated heterocycles. The second-order valence-corrected chi connectivity index (χ2v) is 3.21. The molecular weight excluding hydrogens is 224 g/mol. The zero-order chi connectivity index (χ0) is 10.8. The van der Waals surface area contributed by atoms with Crippen LogP contribution in [0.15, 0.2) is 24.5 Å². The van der Waals surface area contributed by atoms with E-state index in [0.29, 0.717) is 5.95 Å². The third-order valence-corrected chi connectivity index (χ3v) is 2.05. The summed E-state index contributed by atoms with van der Waals surface area (Å²) in [6, 6.07) is 1.77. The molecule has 1 aromatic heterocycles. The molecule has 0 aliphatic rings. The quantitative estimate of drug-likeness (QED) is 0.831. The lowest BCUT2D eigenvalue weighted by Crippen LogP contribution is -1.97. The van der Waals surface area contributed by atoms with E-state index in [2.05, 4.69) is 15.3 Å². The minimum absolute atomic E-state index is 0.00647. The maximum Gasteiger partial charge on any atom is 0.204 e. The number of benzene rings is 1. The van der Waals surface area contributed by atoms with Gasteiger partial charge in [-0.2, -0.15) is 0 Å². The van der Waals surface area contributed by atoms with E-state index in [1.807, 2.05) is 0 Å². The Labute approximate surface area is 89.1 Å². The van der Waals surface area contributed by atoms with Crippen LogP contribution in [0.25, 0.3) is 0 Å². The van der Waals surface area contributed by atoms with Crippen LogP contribution in [-0.4, -0.2) is 9.97 Å². The summed E-state index contributed by atoms with van der Waals surface area (Å²) in [5.74, 6) is -1.15. The van der Waals surface area contributed by atoms with Gasteiger partial charge in [-0.05, 0) is 6.07 Å². The third-order valence-electron chi connectivity index (χ3n) is 1.75. The van der Waals surface area contributed by atoms with Crippen LogP contribution in [0.3, 0.4) is 0 Å². The van der Waals surface area contributed by atoms with Crippen molar-refractivity contribution in [1.82, 2.24) is 9.97 Å². The van der Waals surface area contributed by atoms with Crippen molar-refractivity contribution in [1.29, 1.82) is 0 Å². The zero-order valence-electron chi connectivity index (χ0n) is 7.39. The monoisotopic (exact) mass is 229 g/mol. The molecule has 2 rings (SSSR count). The van der Waals surface area contributed by atoms with Gasteiger partial charge in [-0.3, -0.25) is 0 Å². The predicted octanol–water partition coefficient (Wildman–Crippen LogP) is 3.08. The fraction of sp³-hybridized carbons (Fsp3) is 0. The molecule has 0 spiro atoms. The Balaban J connectivity index is 2.36. The smallest absolute Gasteiger partial charge is 0.204 e. The molecule has 2 aromatic rings. The Bertz CT molecular complexity index is 447. The summed E-state index contributed by atoms with van der Waals surface area (Å²) in [5.41, 5.74) is -0.00647. The normalized spacial score (nSPS) is 10.3. The molecule has 0 aliphatic heterocycles. The number of halogens is 3. The van der Waals surface area contributed by atoms with E-state index in [1.165, 1.54) is 6.20 Å². The van der Waals surface area contributed by atoms with Gasteiger partial charge in [0, 0.05) is 18.5 Å². The minimum Gasteiger partial charge on any atom is -0.331 e. The average molecular weight is 230 g/mol. The number of rotatable bonds is 2. The number of aromatic amines is 1. The number of imidazole rings is 1. The van der Waals surface area contributed by atoms with Crippen molar-refractivity contribution >= 4 is 23.2 Å². The van der Waals surface area contributed by atoms with Crippen LogP contribution in [-0.2, 0) is 0 Å². The van der Waals surface area contributed by atoms with Gasteiger partial charge in [0.25, 0.3) is 0 Å². The molecule has 1 aromatic carbocycles. The predicted molar refractivity (Wildman–Crippen MR) is 53.2 cm³/mol. The molecule has 15 heavy (non-hydrogen) atoms. The Morgan fingerprint density at radius 1 is 1.33 bits per heavy atom. The lowest BCUT2D eigenvalue weighted by molar-refractivity contribution is 0.586. The molecule has 0 aliphatic carbocycles. The van der Waals surface area contributed by atoms with Gasteiger partial charge >= 0.3 is 0 Å². The van der Waals surface area contributed by atoms with E-state index in [1.54, 1.807) is 6.20 Å². The first-order valence-electron chi connectivity index (χ1n) is 4.08. The van der Waals surface area contributed by atoms with Crippen LogP contribution in [0.4, 0.5) is 20.4 Å². The number of anilines is 2. The molecule has 3 nitrogen and oxygen atoms in total. The molecule has 0 radical (unpaired) electrons. The Kier molecular flexibility index (Phi) is 2.55. The molecule has 0 fully saturated rings. The number of H-pyrrole nitrogens is 1. The maximum absolute atomic E-state index is 13.3. The molecular formula is C9H6ClF2N3. The van der Waals surface area contributed by atoms with E-state index in [-0.39, 0.29) is 10.7 Å². The SMILES string of the molecule is Fc1cc(F)c(Nc2ncc[nH]2)c(Cl)c1. The van der Waals surface area contributed by atoms with Crippen molar-refractivity contribution < 1.29 is 8.78 Å². The fourth-order valence-corrected chi connectivity index (χ4v) is 1.36. The molecule has 0 bridgehead atoms. The number of aromatic nitrogens is 2. The molecule has 0 saturated carbocycles. The van der Waals surface area contributed by atoms with Gasteiger partial charge in [0.1, 0.15) is 5.82 Å². The maximum atomic E-state index is 13.3. The summed E-state index contributed by atoms with van der Waals surface area (Å²) < 4.78 is 26.0. The van der Waals surface area contributed by atoms with E-state index in [4.69, 9.17) is 11.6 Å². The van der Waals surface area contributed by atoms with Crippen LogP contribution in [0.1, 0.15) is 0 Å². The highest BCUT2D eigenvalue weighted by molar-refractivity contribution is 6.33. The molecule has 6 heteroatoms. The molecule has 0 unspecified atom stereocenters. The summed E-state index contributed by atoms with van der Waals surface area (Å²) in [4.78, 5) is 6.54. The number of hydrogen-bond acceptors (Lipinski definition) is 2. The van der Waals surface area contributed by atoms with Gasteiger partial charge in [-0.25, -0.2) is 13.8 Å². The van der Waals surface area contributed by atoms with Crippen LogP contribution in [0, 0.1) is 11.6 Å². The first-order chi connectivity index (χ1) is 7.16. The number of nitrogens with zero attached hydrogens (tertiary/aromatic N) is 1. The fourth-order valence-electron chi connectivity index (χ4n) is 1.11. The van der Waals surface area contributed by atoms with Gasteiger partial charge in [0.2, 0.25) is 5.95 Å². The van der Waals surface area contributed by atoms with Crippen LogP contribution in [0.5, 0.6) is 0 Å². The van der Waals surface area contributed by atoms with Crippen molar-refractivity contribution in [2.75, 3.05) is 5.32 Å². The second kappa shape index (κ2) is 3.86. The molecule has 0 atom stereocenters. The van der Waals surface area contributed by atoms with Crippen LogP contribution >= 0.6 is 11.6 Å². The lowest BCUT2D eigenvalue weighted by atomic mass is 10.3. The van der Waals surface area contributed by atoms with Crippen molar-refractivity contribution in [2.24, 2.45) is 0 Å². The highest BCUT2D eigenvalue weighted by Gasteiger charge is 2.10. The first-order valence-corrected chi connectivity index (χ1v) is 4.45. The largest absolute Gasteiger partial charge is 0.331 e. The molecule has 1 heterocycles. The minimum atomic E-state index is -0.767. The Morgan fingerprint density at radius 3 is 2.73 bits per heavy atom. The first kappa shape index (κ1) is 9.92. The van der Waals surface area contributed by atoms with Gasteiger partial charge in [0.15, 0.2) is 5.82 Å². The van der Waals surface area contributed by atoms with Crippen LogP contribution in [0.2, 0.25) is 5.02 Å². The molecule has 2 N–H and O–H groups in total. The topological polar surface area (TPSA) is 40.7 Å².